The Hall–Kier alpha value is -1.83. The van der Waals surface area contributed by atoms with Gasteiger partial charge < -0.3 is 10.2 Å². The van der Waals surface area contributed by atoms with Gasteiger partial charge in [-0.25, -0.2) is 0 Å². The van der Waals surface area contributed by atoms with Crippen LogP contribution < -0.4 is 10.2 Å². The van der Waals surface area contributed by atoms with Crippen molar-refractivity contribution < 1.29 is 18.1 Å². The van der Waals surface area contributed by atoms with Crippen molar-refractivity contribution >= 4 is 11.4 Å². The summed E-state index contributed by atoms with van der Waals surface area (Å²) in [5.74, 6) is 0. The summed E-state index contributed by atoms with van der Waals surface area (Å²) in [6.07, 6.45) is -4.73. The molecule has 1 aromatic rings. The third-order valence-corrected chi connectivity index (χ3v) is 2.96. The third-order valence-electron chi connectivity index (χ3n) is 2.96. The molecule has 1 aliphatic rings. The highest BCUT2D eigenvalue weighted by Gasteiger charge is 2.40. The maximum Gasteiger partial charge on any atom is 0.423 e. The molecule has 2 rings (SSSR count). The number of nitro groups is 1. The fraction of sp³-hybridized carbons (Fsp3) is 0.455. The average Bonchev–Trinajstić information content (AvgIpc) is 2.37. The Labute approximate surface area is 107 Å². The van der Waals surface area contributed by atoms with Gasteiger partial charge in [0.05, 0.1) is 4.92 Å². The number of nitrogens with zero attached hydrogens (tertiary/aromatic N) is 2. The maximum atomic E-state index is 12.8. The molecule has 0 unspecified atom stereocenters. The molecule has 1 N–H and O–H groups in total. The minimum Gasteiger partial charge on any atom is -0.363 e. The Bertz CT molecular complexity index is 485. The molecule has 5 nitrogen and oxygen atoms in total. The van der Waals surface area contributed by atoms with Crippen molar-refractivity contribution in [3.63, 3.8) is 0 Å². The highest BCUT2D eigenvalue weighted by atomic mass is 19.4. The van der Waals surface area contributed by atoms with Crippen molar-refractivity contribution in [2.75, 3.05) is 31.1 Å². The molecular weight excluding hydrogens is 263 g/mol. The van der Waals surface area contributed by atoms with Crippen molar-refractivity contribution in [3.05, 3.63) is 33.9 Å². The summed E-state index contributed by atoms with van der Waals surface area (Å²) in [4.78, 5) is 11.6. The standard InChI is InChI=1S/C11H12F3N3O2/c12-11(13,14)8-2-1-3-9(10(8)17(18)19)16-6-4-15-5-7-16/h1-3,15H,4-7H2. The zero-order chi connectivity index (χ0) is 14.0. The predicted octanol–water partition coefficient (Wildman–Crippen LogP) is 2.02. The van der Waals surface area contributed by atoms with Crippen LogP contribution in [0.5, 0.6) is 0 Å². The molecule has 0 radical (unpaired) electrons. The summed E-state index contributed by atoms with van der Waals surface area (Å²) in [5, 5.41) is 14.0. The molecule has 104 valence electrons. The average molecular weight is 275 g/mol. The molecule has 1 saturated heterocycles. The number of hydrogen-bond acceptors (Lipinski definition) is 4. The van der Waals surface area contributed by atoms with Gasteiger partial charge in [0.15, 0.2) is 0 Å². The summed E-state index contributed by atoms with van der Waals surface area (Å²) in [7, 11) is 0. The van der Waals surface area contributed by atoms with Crippen molar-refractivity contribution in [1.82, 2.24) is 5.32 Å². The Balaban J connectivity index is 2.51. The zero-order valence-corrected chi connectivity index (χ0v) is 9.91. The minimum absolute atomic E-state index is 0.0290. The van der Waals surface area contributed by atoms with Crippen molar-refractivity contribution in [2.24, 2.45) is 0 Å². The van der Waals surface area contributed by atoms with E-state index in [9.17, 15) is 23.3 Å². The first-order chi connectivity index (χ1) is 8.91. The van der Waals surface area contributed by atoms with Crippen molar-refractivity contribution in [2.45, 2.75) is 6.18 Å². The number of piperazine rings is 1. The van der Waals surface area contributed by atoms with Crippen LogP contribution in [0.15, 0.2) is 18.2 Å². The van der Waals surface area contributed by atoms with E-state index < -0.39 is 22.4 Å². The lowest BCUT2D eigenvalue weighted by Crippen LogP contribution is -2.43. The van der Waals surface area contributed by atoms with Crippen molar-refractivity contribution in [1.29, 1.82) is 0 Å². The zero-order valence-electron chi connectivity index (χ0n) is 9.91. The first kappa shape index (κ1) is 13.6. The predicted molar refractivity (Wildman–Crippen MR) is 63.2 cm³/mol. The number of nitro benzene ring substituents is 1. The van der Waals surface area contributed by atoms with Crippen LogP contribution in [0.1, 0.15) is 5.56 Å². The highest BCUT2D eigenvalue weighted by molar-refractivity contribution is 5.67. The van der Waals surface area contributed by atoms with E-state index in [-0.39, 0.29) is 5.69 Å². The minimum atomic E-state index is -4.73. The SMILES string of the molecule is O=[N+]([O-])c1c(N2CCNCC2)cccc1C(F)(F)F. The molecule has 0 amide bonds. The molecule has 8 heteroatoms. The molecule has 0 aromatic heterocycles. The van der Waals surface area contributed by atoms with Crippen LogP contribution in [0.25, 0.3) is 0 Å². The van der Waals surface area contributed by atoms with Gasteiger partial charge >= 0.3 is 11.9 Å². The lowest BCUT2D eigenvalue weighted by atomic mass is 10.1. The van der Waals surface area contributed by atoms with E-state index in [0.717, 1.165) is 6.07 Å². The van der Waals surface area contributed by atoms with Crippen molar-refractivity contribution in [3.8, 4) is 0 Å². The van der Waals surface area contributed by atoms with Gasteiger partial charge in [-0.2, -0.15) is 13.2 Å². The number of hydrogen-bond donors (Lipinski definition) is 1. The molecule has 0 spiro atoms. The van der Waals surface area contributed by atoms with E-state index in [0.29, 0.717) is 26.2 Å². The number of rotatable bonds is 2. The molecule has 0 aliphatic carbocycles. The Morgan fingerprint density at radius 1 is 1.26 bits per heavy atom. The van der Waals surface area contributed by atoms with Crippen LogP contribution in [0.3, 0.4) is 0 Å². The second kappa shape index (κ2) is 5.04. The molecule has 1 aliphatic heterocycles. The summed E-state index contributed by atoms with van der Waals surface area (Å²) in [6, 6.07) is 3.30. The molecule has 1 aromatic carbocycles. The van der Waals surface area contributed by atoms with Gasteiger partial charge in [-0.3, -0.25) is 10.1 Å². The van der Waals surface area contributed by atoms with Gasteiger partial charge in [0.25, 0.3) is 0 Å². The largest absolute Gasteiger partial charge is 0.423 e. The maximum absolute atomic E-state index is 12.8. The van der Waals surface area contributed by atoms with Crippen LogP contribution in [0, 0.1) is 10.1 Å². The molecule has 19 heavy (non-hydrogen) atoms. The molecular formula is C11H12F3N3O2. The Morgan fingerprint density at radius 2 is 1.89 bits per heavy atom. The molecule has 1 heterocycles. The van der Waals surface area contributed by atoms with Crippen LogP contribution in [-0.2, 0) is 6.18 Å². The smallest absolute Gasteiger partial charge is 0.363 e. The number of anilines is 1. The van der Waals surface area contributed by atoms with Gasteiger partial charge in [-0.15, -0.1) is 0 Å². The number of nitrogens with one attached hydrogen (secondary N) is 1. The first-order valence-corrected chi connectivity index (χ1v) is 5.71. The molecule has 0 saturated carbocycles. The van der Waals surface area contributed by atoms with Crippen LogP contribution in [0.4, 0.5) is 24.5 Å². The third kappa shape index (κ3) is 2.78. The fourth-order valence-corrected chi connectivity index (χ4v) is 2.11. The molecule has 0 bridgehead atoms. The topological polar surface area (TPSA) is 58.4 Å². The Morgan fingerprint density at radius 3 is 2.42 bits per heavy atom. The van der Waals surface area contributed by atoms with E-state index in [1.807, 2.05) is 0 Å². The second-order valence-electron chi connectivity index (χ2n) is 4.17. The number of para-hydroxylation sites is 1. The Kier molecular flexibility index (Phi) is 3.61. The van der Waals surface area contributed by atoms with Crippen LogP contribution in [0.2, 0.25) is 0 Å². The molecule has 0 atom stereocenters. The highest BCUT2D eigenvalue weighted by Crippen LogP contribution is 2.41. The monoisotopic (exact) mass is 275 g/mol. The van der Waals surface area contributed by atoms with E-state index in [2.05, 4.69) is 5.32 Å². The summed E-state index contributed by atoms with van der Waals surface area (Å²) >= 11 is 0. The van der Waals surface area contributed by atoms with E-state index in [4.69, 9.17) is 0 Å². The second-order valence-corrected chi connectivity index (χ2v) is 4.17. The van der Waals surface area contributed by atoms with Gasteiger partial charge in [0.2, 0.25) is 0 Å². The summed E-state index contributed by atoms with van der Waals surface area (Å²) in [6.45, 7) is 2.07. The van der Waals surface area contributed by atoms with E-state index >= 15 is 0 Å². The lowest BCUT2D eigenvalue weighted by Gasteiger charge is -2.29. The van der Waals surface area contributed by atoms with E-state index in [1.54, 1.807) is 4.90 Å². The lowest BCUT2D eigenvalue weighted by molar-refractivity contribution is -0.387. The number of benzene rings is 1. The van der Waals surface area contributed by atoms with Crippen LogP contribution >= 0.6 is 0 Å². The number of alkyl halides is 3. The molecule has 1 fully saturated rings. The summed E-state index contributed by atoms with van der Waals surface area (Å²) in [5.41, 5.74) is -2.04. The van der Waals surface area contributed by atoms with Gasteiger partial charge in [0.1, 0.15) is 11.3 Å². The summed E-state index contributed by atoms with van der Waals surface area (Å²) < 4.78 is 38.5. The van der Waals surface area contributed by atoms with Gasteiger partial charge in [-0.05, 0) is 12.1 Å². The van der Waals surface area contributed by atoms with E-state index in [1.165, 1.54) is 12.1 Å². The normalized spacial score (nSPS) is 16.5. The number of halogens is 3. The quantitative estimate of drug-likeness (QED) is 0.662. The fourth-order valence-electron chi connectivity index (χ4n) is 2.11. The van der Waals surface area contributed by atoms with Gasteiger partial charge in [0, 0.05) is 26.2 Å². The first-order valence-electron chi connectivity index (χ1n) is 5.71. The van der Waals surface area contributed by atoms with Gasteiger partial charge in [-0.1, -0.05) is 6.07 Å². The van der Waals surface area contributed by atoms with Crippen LogP contribution in [-0.4, -0.2) is 31.1 Å².